The van der Waals surface area contributed by atoms with Crippen LogP contribution in [-0.2, 0) is 6.42 Å². The highest BCUT2D eigenvalue weighted by Gasteiger charge is 2.19. The monoisotopic (exact) mass is 417 g/mol. The fourth-order valence-electron chi connectivity index (χ4n) is 3.42. The normalized spacial score (nSPS) is 11.0. The summed E-state index contributed by atoms with van der Waals surface area (Å²) in [5.74, 6) is 0.782. The van der Waals surface area contributed by atoms with Crippen molar-refractivity contribution in [3.8, 4) is 11.5 Å². The maximum atomic E-state index is 13.0. The van der Waals surface area contributed by atoms with Crippen molar-refractivity contribution in [2.75, 3.05) is 11.9 Å². The highest BCUT2D eigenvalue weighted by molar-refractivity contribution is 6.06. The molecule has 162 valence electrons. The van der Waals surface area contributed by atoms with Crippen LogP contribution in [0.5, 0.6) is 11.5 Å². The molecule has 0 heterocycles. The number of ether oxygens (including phenoxy) is 1. The fraction of sp³-hybridized carbons (Fsp3) is 0.296. The average Bonchev–Trinajstić information content (AvgIpc) is 2.74. The van der Waals surface area contributed by atoms with Crippen molar-refractivity contribution in [2.45, 2.75) is 46.0 Å². The number of benzene rings is 3. The number of hydrogen-bond donors (Lipinski definition) is 2. The molecule has 4 nitrogen and oxygen atoms in total. The lowest BCUT2D eigenvalue weighted by atomic mass is 9.91. The van der Waals surface area contributed by atoms with Gasteiger partial charge in [-0.1, -0.05) is 70.2 Å². The van der Waals surface area contributed by atoms with Crippen molar-refractivity contribution in [3.05, 3.63) is 89.0 Å². The molecule has 0 aliphatic rings. The van der Waals surface area contributed by atoms with Crippen LogP contribution in [0.25, 0.3) is 0 Å². The van der Waals surface area contributed by atoms with E-state index in [1.165, 1.54) is 5.56 Å². The van der Waals surface area contributed by atoms with Crippen molar-refractivity contribution < 1.29 is 14.6 Å². The van der Waals surface area contributed by atoms with Gasteiger partial charge in [0.1, 0.15) is 11.5 Å². The van der Waals surface area contributed by atoms with Gasteiger partial charge in [-0.2, -0.15) is 0 Å². The molecule has 2 N–H and O–H groups in total. The summed E-state index contributed by atoms with van der Waals surface area (Å²) < 4.78 is 5.86. The van der Waals surface area contributed by atoms with E-state index >= 15 is 0 Å². The highest BCUT2D eigenvalue weighted by Crippen LogP contribution is 2.33. The number of phenolic OH excluding ortho intramolecular Hbond substituents is 1. The van der Waals surface area contributed by atoms with E-state index in [-0.39, 0.29) is 23.5 Å². The number of hydrogen-bond acceptors (Lipinski definition) is 3. The maximum absolute atomic E-state index is 13.0. The lowest BCUT2D eigenvalue weighted by Crippen LogP contribution is -2.14. The Labute approximate surface area is 184 Å². The summed E-state index contributed by atoms with van der Waals surface area (Å²) >= 11 is 0. The molecule has 0 aromatic heterocycles. The Bertz CT molecular complexity index is 1030. The number of carbonyl (C=O) groups is 1. The molecular weight excluding hydrogens is 386 g/mol. The molecule has 0 unspecified atom stereocenters. The van der Waals surface area contributed by atoms with Crippen LogP contribution >= 0.6 is 0 Å². The van der Waals surface area contributed by atoms with Gasteiger partial charge in [-0.05, 0) is 46.7 Å². The number of nitrogens with one attached hydrogen (secondary N) is 1. The molecule has 0 saturated carbocycles. The van der Waals surface area contributed by atoms with Crippen molar-refractivity contribution in [2.24, 2.45) is 0 Å². The van der Waals surface area contributed by atoms with Gasteiger partial charge in [-0.3, -0.25) is 4.79 Å². The smallest absolute Gasteiger partial charge is 0.259 e. The summed E-state index contributed by atoms with van der Waals surface area (Å²) in [6, 6.07) is 21.3. The zero-order chi connectivity index (χ0) is 22.4. The van der Waals surface area contributed by atoms with E-state index in [1.54, 1.807) is 12.1 Å². The second-order valence-corrected chi connectivity index (χ2v) is 8.38. The van der Waals surface area contributed by atoms with Crippen LogP contribution in [0.2, 0.25) is 0 Å². The van der Waals surface area contributed by atoms with E-state index in [1.807, 2.05) is 56.3 Å². The van der Waals surface area contributed by atoms with Gasteiger partial charge in [-0.25, -0.2) is 0 Å². The van der Waals surface area contributed by atoms with E-state index in [2.05, 4.69) is 31.3 Å². The van der Waals surface area contributed by atoms with Gasteiger partial charge in [0, 0.05) is 18.2 Å². The van der Waals surface area contributed by atoms with E-state index in [0.29, 0.717) is 23.6 Å². The summed E-state index contributed by atoms with van der Waals surface area (Å²) in [7, 11) is 0. The SMILES string of the molecule is CC(C)c1cc(C(=O)Nc2cccc(OCCc3ccccc3)c2)c(O)c(C(C)C)c1. The summed E-state index contributed by atoms with van der Waals surface area (Å²) in [5, 5.41) is 13.6. The number of rotatable bonds is 8. The number of phenols is 1. The predicted molar refractivity (Wildman–Crippen MR) is 126 cm³/mol. The maximum Gasteiger partial charge on any atom is 0.259 e. The average molecular weight is 418 g/mol. The first-order valence-corrected chi connectivity index (χ1v) is 10.8. The van der Waals surface area contributed by atoms with E-state index in [9.17, 15) is 9.90 Å². The van der Waals surface area contributed by atoms with Crippen LogP contribution in [-0.4, -0.2) is 17.6 Å². The molecule has 0 aliphatic heterocycles. The third-order valence-corrected chi connectivity index (χ3v) is 5.29. The summed E-state index contributed by atoms with van der Waals surface area (Å²) in [4.78, 5) is 13.0. The van der Waals surface area contributed by atoms with Crippen molar-refractivity contribution in [1.29, 1.82) is 0 Å². The first kappa shape index (κ1) is 22.4. The van der Waals surface area contributed by atoms with Gasteiger partial charge in [0.05, 0.1) is 12.2 Å². The minimum absolute atomic E-state index is 0.0483. The molecule has 3 rings (SSSR count). The number of aromatic hydroxyl groups is 1. The quantitative estimate of drug-likeness (QED) is 0.439. The molecule has 0 atom stereocenters. The Morgan fingerprint density at radius 3 is 2.35 bits per heavy atom. The van der Waals surface area contributed by atoms with Crippen LogP contribution in [0.1, 0.15) is 66.6 Å². The van der Waals surface area contributed by atoms with Crippen LogP contribution in [0.3, 0.4) is 0 Å². The minimum Gasteiger partial charge on any atom is -0.507 e. The van der Waals surface area contributed by atoms with Crippen LogP contribution in [0.15, 0.2) is 66.7 Å². The molecule has 3 aromatic rings. The topological polar surface area (TPSA) is 58.6 Å². The van der Waals surface area contributed by atoms with Gasteiger partial charge in [0.25, 0.3) is 5.91 Å². The number of anilines is 1. The first-order chi connectivity index (χ1) is 14.8. The molecule has 3 aromatic carbocycles. The summed E-state index contributed by atoms with van der Waals surface area (Å²) in [6.45, 7) is 8.73. The Hall–Kier alpha value is -3.27. The van der Waals surface area contributed by atoms with E-state index < -0.39 is 0 Å². The Kier molecular flexibility index (Phi) is 7.35. The molecule has 0 bridgehead atoms. The molecule has 1 amide bonds. The van der Waals surface area contributed by atoms with Gasteiger partial charge in [-0.15, -0.1) is 0 Å². The van der Waals surface area contributed by atoms with E-state index in [0.717, 1.165) is 17.5 Å². The summed E-state index contributed by atoms with van der Waals surface area (Å²) in [6.07, 6.45) is 0.811. The number of carbonyl (C=O) groups excluding carboxylic acids is 1. The lowest BCUT2D eigenvalue weighted by molar-refractivity contribution is 0.102. The molecule has 0 fully saturated rings. The van der Waals surface area contributed by atoms with Crippen molar-refractivity contribution >= 4 is 11.6 Å². The highest BCUT2D eigenvalue weighted by atomic mass is 16.5. The Morgan fingerprint density at radius 2 is 1.68 bits per heavy atom. The molecule has 4 heteroatoms. The molecule has 0 saturated heterocycles. The fourth-order valence-corrected chi connectivity index (χ4v) is 3.42. The Morgan fingerprint density at radius 1 is 0.935 bits per heavy atom. The molecule has 0 aliphatic carbocycles. The zero-order valence-electron chi connectivity index (χ0n) is 18.7. The van der Waals surface area contributed by atoms with Crippen LogP contribution in [0.4, 0.5) is 5.69 Å². The van der Waals surface area contributed by atoms with Crippen LogP contribution < -0.4 is 10.1 Å². The second kappa shape index (κ2) is 10.2. The summed E-state index contributed by atoms with van der Waals surface area (Å²) in [5.41, 5.74) is 3.96. The van der Waals surface area contributed by atoms with Gasteiger partial charge in [0.15, 0.2) is 0 Å². The third kappa shape index (κ3) is 5.88. The number of amides is 1. The standard InChI is InChI=1S/C27H31NO3/c1-18(2)21-15-24(19(3)4)26(29)25(16-21)27(30)28-22-11-8-12-23(17-22)31-14-13-20-9-6-5-7-10-20/h5-12,15-19,29H,13-14H2,1-4H3,(H,28,30). The van der Waals surface area contributed by atoms with Crippen LogP contribution in [0, 0.1) is 0 Å². The molecule has 0 radical (unpaired) electrons. The minimum atomic E-state index is -0.330. The van der Waals surface area contributed by atoms with Crippen molar-refractivity contribution in [1.82, 2.24) is 0 Å². The van der Waals surface area contributed by atoms with Gasteiger partial charge in [0.2, 0.25) is 0 Å². The Balaban J connectivity index is 1.72. The van der Waals surface area contributed by atoms with Gasteiger partial charge >= 0.3 is 0 Å². The second-order valence-electron chi connectivity index (χ2n) is 8.38. The largest absolute Gasteiger partial charge is 0.507 e. The lowest BCUT2D eigenvalue weighted by Gasteiger charge is -2.17. The third-order valence-electron chi connectivity index (χ3n) is 5.29. The molecular formula is C27H31NO3. The predicted octanol–water partition coefficient (Wildman–Crippen LogP) is 6.51. The zero-order valence-corrected chi connectivity index (χ0v) is 18.7. The molecule has 0 spiro atoms. The van der Waals surface area contributed by atoms with Gasteiger partial charge < -0.3 is 15.2 Å². The van der Waals surface area contributed by atoms with E-state index in [4.69, 9.17) is 4.74 Å². The molecule has 31 heavy (non-hydrogen) atoms. The van der Waals surface area contributed by atoms with Crippen molar-refractivity contribution in [3.63, 3.8) is 0 Å². The first-order valence-electron chi connectivity index (χ1n) is 10.8.